The molecule has 0 heterocycles. The number of nitrogens with two attached hydrogens (primary N) is 1. The summed E-state index contributed by atoms with van der Waals surface area (Å²) in [5, 5.41) is 8.90. The van der Waals surface area contributed by atoms with Gasteiger partial charge >= 0.3 is 5.97 Å². The molecule has 7 nitrogen and oxygen atoms in total. The summed E-state index contributed by atoms with van der Waals surface area (Å²) in [7, 11) is -4.03. The van der Waals surface area contributed by atoms with E-state index in [0.717, 1.165) is 11.1 Å². The molecule has 0 saturated heterocycles. The number of amides is 1. The number of carbonyl (C=O) groups excluding carboxylic acids is 1. The van der Waals surface area contributed by atoms with Crippen LogP contribution in [0, 0.1) is 13.8 Å². The van der Waals surface area contributed by atoms with Crippen molar-refractivity contribution in [1.29, 1.82) is 0 Å². The van der Waals surface area contributed by atoms with Crippen molar-refractivity contribution in [1.82, 2.24) is 4.72 Å². The number of nitrogens with one attached hydrogen (secondary N) is 1. The number of rotatable bonds is 6. The molecule has 0 fully saturated rings. The maximum Gasteiger partial charge on any atom is 0.322 e. The van der Waals surface area contributed by atoms with Gasteiger partial charge in [0.2, 0.25) is 15.9 Å². The third kappa shape index (κ3) is 4.04. The van der Waals surface area contributed by atoms with Crippen LogP contribution in [0.4, 0.5) is 0 Å². The summed E-state index contributed by atoms with van der Waals surface area (Å²) in [6, 6.07) is 2.83. The van der Waals surface area contributed by atoms with E-state index in [2.05, 4.69) is 0 Å². The van der Waals surface area contributed by atoms with E-state index in [4.69, 9.17) is 10.8 Å². The number of benzene rings is 1. The highest BCUT2D eigenvalue weighted by Crippen LogP contribution is 2.15. The van der Waals surface area contributed by atoms with Crippen LogP contribution in [0.2, 0.25) is 0 Å². The van der Waals surface area contributed by atoms with Crippen LogP contribution >= 0.6 is 0 Å². The molecular formula is C12H16N2O5S. The molecular weight excluding hydrogens is 284 g/mol. The molecule has 0 aliphatic rings. The first-order valence-corrected chi connectivity index (χ1v) is 7.22. The lowest BCUT2D eigenvalue weighted by molar-refractivity contribution is -0.140. The van der Waals surface area contributed by atoms with Crippen molar-refractivity contribution in [3.8, 4) is 0 Å². The number of aryl methyl sites for hydroxylation is 2. The Balaban J connectivity index is 3.06. The lowest BCUT2D eigenvalue weighted by atomic mass is 10.1. The predicted molar refractivity (Wildman–Crippen MR) is 71.5 cm³/mol. The van der Waals surface area contributed by atoms with Crippen LogP contribution in [-0.2, 0) is 19.6 Å². The van der Waals surface area contributed by atoms with Crippen molar-refractivity contribution in [3.05, 3.63) is 29.3 Å². The molecule has 0 unspecified atom stereocenters. The molecule has 0 aromatic heterocycles. The van der Waals surface area contributed by atoms with Gasteiger partial charge in [0.05, 0.1) is 11.3 Å². The number of hydrogen-bond donors (Lipinski definition) is 3. The van der Waals surface area contributed by atoms with Gasteiger partial charge in [-0.1, -0.05) is 6.07 Å². The number of carboxylic acid groups (broad SMARTS) is 1. The van der Waals surface area contributed by atoms with Crippen LogP contribution in [0.3, 0.4) is 0 Å². The van der Waals surface area contributed by atoms with E-state index in [1.807, 2.05) is 11.6 Å². The van der Waals surface area contributed by atoms with Gasteiger partial charge in [-0.3, -0.25) is 9.59 Å². The van der Waals surface area contributed by atoms with Gasteiger partial charge in [0.1, 0.15) is 6.04 Å². The number of hydrogen-bond acceptors (Lipinski definition) is 4. The minimum Gasteiger partial charge on any atom is -0.480 e. The minimum absolute atomic E-state index is 0.0590. The smallest absolute Gasteiger partial charge is 0.322 e. The fourth-order valence-electron chi connectivity index (χ4n) is 1.52. The molecule has 1 rings (SSSR count). The van der Waals surface area contributed by atoms with Gasteiger partial charge in [-0.2, -0.15) is 4.72 Å². The fourth-order valence-corrected chi connectivity index (χ4v) is 2.79. The maximum atomic E-state index is 12.1. The first-order chi connectivity index (χ1) is 9.13. The molecule has 1 atom stereocenters. The summed E-state index contributed by atoms with van der Waals surface area (Å²) in [4.78, 5) is 21.6. The lowest BCUT2D eigenvalue weighted by Gasteiger charge is -2.14. The largest absolute Gasteiger partial charge is 0.480 e. The van der Waals surface area contributed by atoms with E-state index in [9.17, 15) is 18.0 Å². The number of carboxylic acids is 1. The van der Waals surface area contributed by atoms with Crippen molar-refractivity contribution in [2.24, 2.45) is 5.73 Å². The molecule has 1 amide bonds. The van der Waals surface area contributed by atoms with Gasteiger partial charge in [0.15, 0.2) is 0 Å². The van der Waals surface area contributed by atoms with Crippen molar-refractivity contribution < 1.29 is 23.1 Å². The van der Waals surface area contributed by atoms with Crippen LogP contribution in [0.15, 0.2) is 23.1 Å². The van der Waals surface area contributed by atoms with Gasteiger partial charge in [0, 0.05) is 0 Å². The molecule has 0 saturated carbocycles. The zero-order valence-electron chi connectivity index (χ0n) is 11.1. The first-order valence-electron chi connectivity index (χ1n) is 5.74. The summed E-state index contributed by atoms with van der Waals surface area (Å²) in [6.45, 7) is 3.57. The summed E-state index contributed by atoms with van der Waals surface area (Å²) in [5.74, 6) is -2.36. The fraction of sp³-hybridized carbons (Fsp3) is 0.333. The Morgan fingerprint density at radius 2 is 1.90 bits per heavy atom. The third-order valence-electron chi connectivity index (χ3n) is 2.79. The Kier molecular flexibility index (Phi) is 4.85. The highest BCUT2D eigenvalue weighted by molar-refractivity contribution is 7.89. The zero-order chi connectivity index (χ0) is 15.5. The van der Waals surface area contributed by atoms with Crippen LogP contribution in [0.5, 0.6) is 0 Å². The standard InChI is InChI=1S/C12H16N2O5S/c1-7-3-4-9(5-8(7)2)20(18,19)14-10(12(16)17)6-11(13)15/h3-5,10,14H,6H2,1-2H3,(H2,13,15)(H,16,17)/t10-/m1/s1. The summed E-state index contributed by atoms with van der Waals surface area (Å²) in [6.07, 6.45) is -0.612. The Labute approximate surface area is 116 Å². The maximum absolute atomic E-state index is 12.1. The molecule has 1 aromatic rings. The number of sulfonamides is 1. The summed E-state index contributed by atoms with van der Waals surface area (Å²) in [5.41, 5.74) is 6.57. The molecule has 4 N–H and O–H groups in total. The minimum atomic E-state index is -4.03. The van der Waals surface area contributed by atoms with Gasteiger partial charge in [-0.25, -0.2) is 8.42 Å². The van der Waals surface area contributed by atoms with Gasteiger partial charge in [0.25, 0.3) is 0 Å². The Hall–Kier alpha value is -1.93. The molecule has 110 valence electrons. The molecule has 0 aliphatic carbocycles. The average Bonchev–Trinajstić information content (AvgIpc) is 2.30. The van der Waals surface area contributed by atoms with Crippen molar-refractivity contribution in [3.63, 3.8) is 0 Å². The van der Waals surface area contributed by atoms with Crippen molar-refractivity contribution in [2.75, 3.05) is 0 Å². The van der Waals surface area contributed by atoms with Crippen molar-refractivity contribution in [2.45, 2.75) is 31.2 Å². The molecule has 0 aliphatic heterocycles. The van der Waals surface area contributed by atoms with E-state index in [-0.39, 0.29) is 4.90 Å². The zero-order valence-corrected chi connectivity index (χ0v) is 11.9. The highest BCUT2D eigenvalue weighted by atomic mass is 32.2. The monoisotopic (exact) mass is 300 g/mol. The number of carbonyl (C=O) groups is 2. The number of aliphatic carboxylic acids is 1. The van der Waals surface area contributed by atoms with E-state index >= 15 is 0 Å². The van der Waals surface area contributed by atoms with Crippen LogP contribution < -0.4 is 10.5 Å². The van der Waals surface area contributed by atoms with E-state index in [1.165, 1.54) is 12.1 Å². The van der Waals surface area contributed by atoms with Crippen LogP contribution in [-0.4, -0.2) is 31.4 Å². The van der Waals surface area contributed by atoms with Gasteiger partial charge in [-0.05, 0) is 37.1 Å². The third-order valence-corrected chi connectivity index (χ3v) is 4.26. The number of primary amides is 1. The molecule has 0 spiro atoms. The molecule has 1 aromatic carbocycles. The topological polar surface area (TPSA) is 127 Å². The van der Waals surface area contributed by atoms with Crippen LogP contribution in [0.25, 0.3) is 0 Å². The SMILES string of the molecule is Cc1ccc(S(=O)(=O)N[C@H](CC(N)=O)C(=O)O)cc1C. The van der Waals surface area contributed by atoms with Crippen LogP contribution in [0.1, 0.15) is 17.5 Å². The Morgan fingerprint density at radius 3 is 2.35 bits per heavy atom. The van der Waals surface area contributed by atoms with Gasteiger partial charge in [-0.15, -0.1) is 0 Å². The Bertz CT molecular complexity index is 639. The summed E-state index contributed by atoms with van der Waals surface area (Å²) >= 11 is 0. The lowest BCUT2D eigenvalue weighted by Crippen LogP contribution is -2.43. The van der Waals surface area contributed by atoms with Crippen molar-refractivity contribution >= 4 is 21.9 Å². The molecule has 0 bridgehead atoms. The van der Waals surface area contributed by atoms with E-state index < -0.39 is 34.4 Å². The second kappa shape index (κ2) is 6.02. The summed E-state index contributed by atoms with van der Waals surface area (Å²) < 4.78 is 26.1. The van der Waals surface area contributed by atoms with E-state index in [1.54, 1.807) is 13.0 Å². The highest BCUT2D eigenvalue weighted by Gasteiger charge is 2.27. The van der Waals surface area contributed by atoms with Gasteiger partial charge < -0.3 is 10.8 Å². The second-order valence-electron chi connectivity index (χ2n) is 4.43. The molecule has 0 radical (unpaired) electrons. The predicted octanol–water partition coefficient (Wildman–Crippen LogP) is -0.0897. The van der Waals surface area contributed by atoms with E-state index in [0.29, 0.717) is 0 Å². The first kappa shape index (κ1) is 16.1. The Morgan fingerprint density at radius 1 is 1.30 bits per heavy atom. The normalized spacial score (nSPS) is 12.9. The average molecular weight is 300 g/mol. The second-order valence-corrected chi connectivity index (χ2v) is 6.14. The molecule has 8 heteroatoms. The quantitative estimate of drug-likeness (QED) is 0.676. The molecule has 20 heavy (non-hydrogen) atoms.